The van der Waals surface area contributed by atoms with Gasteiger partial charge < -0.3 is 5.32 Å². The van der Waals surface area contributed by atoms with Gasteiger partial charge >= 0.3 is 0 Å². The summed E-state index contributed by atoms with van der Waals surface area (Å²) < 4.78 is 22.5. The Morgan fingerprint density at radius 3 is 2.15 bits per heavy atom. The SMILES string of the molecule is NS(=O)(=O)c1ccc(NC(=O)CCN2C(=O)C3C4C=CC(C4)C3C2=O)cc1. The van der Waals surface area contributed by atoms with Gasteiger partial charge in [-0.25, -0.2) is 13.6 Å². The molecule has 2 aliphatic carbocycles. The highest BCUT2D eigenvalue weighted by Crippen LogP contribution is 2.52. The lowest BCUT2D eigenvalue weighted by Crippen LogP contribution is -2.35. The summed E-state index contributed by atoms with van der Waals surface area (Å²) in [5.41, 5.74) is 0.408. The van der Waals surface area contributed by atoms with Gasteiger partial charge in [0.25, 0.3) is 0 Å². The quantitative estimate of drug-likeness (QED) is 0.559. The number of nitrogens with zero attached hydrogens (tertiary/aromatic N) is 1. The van der Waals surface area contributed by atoms with Crippen molar-refractivity contribution in [1.82, 2.24) is 4.90 Å². The number of imide groups is 1. The fraction of sp³-hybridized carbons (Fsp3) is 0.389. The molecule has 1 aromatic rings. The summed E-state index contributed by atoms with van der Waals surface area (Å²) in [6, 6.07) is 5.44. The number of carbonyl (C=O) groups excluding carboxylic acids is 3. The molecule has 0 aromatic heterocycles. The Bertz CT molecular complexity index is 924. The zero-order valence-electron chi connectivity index (χ0n) is 14.4. The number of hydrogen-bond donors (Lipinski definition) is 2. The van der Waals surface area contributed by atoms with Crippen LogP contribution in [0.4, 0.5) is 5.69 Å². The zero-order valence-corrected chi connectivity index (χ0v) is 15.2. The van der Waals surface area contributed by atoms with Gasteiger partial charge in [-0.05, 0) is 42.5 Å². The number of nitrogens with two attached hydrogens (primary N) is 1. The minimum absolute atomic E-state index is 0.0172. The summed E-state index contributed by atoms with van der Waals surface area (Å²) >= 11 is 0. The zero-order chi connectivity index (χ0) is 19.3. The number of sulfonamides is 1. The van der Waals surface area contributed by atoms with Crippen LogP contribution in [0.15, 0.2) is 41.3 Å². The van der Waals surface area contributed by atoms with Gasteiger partial charge in [-0.15, -0.1) is 0 Å². The van der Waals surface area contributed by atoms with E-state index in [0.717, 1.165) is 6.42 Å². The Hall–Kier alpha value is -2.52. The summed E-state index contributed by atoms with van der Waals surface area (Å²) in [5, 5.41) is 7.64. The lowest BCUT2D eigenvalue weighted by molar-refractivity contribution is -0.140. The number of likely N-dealkylation sites (tertiary alicyclic amines) is 1. The lowest BCUT2D eigenvalue weighted by Gasteiger charge is -2.17. The Morgan fingerprint density at radius 2 is 1.63 bits per heavy atom. The van der Waals surface area contributed by atoms with Gasteiger partial charge in [0.05, 0.1) is 16.7 Å². The van der Waals surface area contributed by atoms with Crippen LogP contribution >= 0.6 is 0 Å². The van der Waals surface area contributed by atoms with Crippen molar-refractivity contribution in [3.63, 3.8) is 0 Å². The molecule has 4 atom stereocenters. The van der Waals surface area contributed by atoms with Gasteiger partial charge in [-0.3, -0.25) is 19.3 Å². The van der Waals surface area contributed by atoms with Crippen molar-refractivity contribution >= 4 is 33.4 Å². The summed E-state index contributed by atoms with van der Waals surface area (Å²) in [6.45, 7) is 0.0468. The van der Waals surface area contributed by atoms with Crippen LogP contribution in [0.1, 0.15) is 12.8 Å². The first-order chi connectivity index (χ1) is 12.8. The normalized spacial score (nSPS) is 28.7. The predicted octanol–water partition coefficient (Wildman–Crippen LogP) is 0.470. The van der Waals surface area contributed by atoms with Crippen LogP contribution in [0.5, 0.6) is 0 Å². The number of fused-ring (bicyclic) bond motifs is 5. The van der Waals surface area contributed by atoms with Gasteiger partial charge in [0.1, 0.15) is 0 Å². The highest BCUT2D eigenvalue weighted by atomic mass is 32.2. The maximum absolute atomic E-state index is 12.6. The minimum Gasteiger partial charge on any atom is -0.326 e. The third kappa shape index (κ3) is 3.06. The number of anilines is 1. The van der Waals surface area contributed by atoms with Crippen molar-refractivity contribution in [3.05, 3.63) is 36.4 Å². The largest absolute Gasteiger partial charge is 0.326 e. The minimum atomic E-state index is -3.79. The van der Waals surface area contributed by atoms with Crippen LogP contribution < -0.4 is 10.5 Å². The van der Waals surface area contributed by atoms with Gasteiger partial charge in [0.2, 0.25) is 27.7 Å². The molecule has 1 aliphatic heterocycles. The Kier molecular flexibility index (Phi) is 4.15. The maximum Gasteiger partial charge on any atom is 0.238 e. The predicted molar refractivity (Wildman–Crippen MR) is 95.5 cm³/mol. The number of hydrogen-bond acceptors (Lipinski definition) is 5. The van der Waals surface area contributed by atoms with Crippen LogP contribution in [0, 0.1) is 23.7 Å². The molecule has 3 amide bonds. The number of allylic oxidation sites excluding steroid dienone is 2. The summed E-state index contributed by atoms with van der Waals surface area (Å²) in [6.07, 6.45) is 4.91. The van der Waals surface area contributed by atoms with Gasteiger partial charge in [-0.1, -0.05) is 12.2 Å². The molecule has 1 saturated carbocycles. The molecule has 27 heavy (non-hydrogen) atoms. The van der Waals surface area contributed by atoms with Crippen LogP contribution in [-0.2, 0) is 24.4 Å². The van der Waals surface area contributed by atoms with Crippen LogP contribution in [0.3, 0.4) is 0 Å². The van der Waals surface area contributed by atoms with Crippen LogP contribution in [0.2, 0.25) is 0 Å². The fourth-order valence-electron chi connectivity index (χ4n) is 4.35. The van der Waals surface area contributed by atoms with Crippen molar-refractivity contribution in [2.45, 2.75) is 17.7 Å². The van der Waals surface area contributed by atoms with E-state index in [1.54, 1.807) is 0 Å². The first-order valence-electron chi connectivity index (χ1n) is 8.72. The number of primary sulfonamides is 1. The monoisotopic (exact) mass is 389 g/mol. The van der Waals surface area contributed by atoms with Crippen molar-refractivity contribution < 1.29 is 22.8 Å². The molecule has 3 N–H and O–H groups in total. The van der Waals surface area contributed by atoms with E-state index in [9.17, 15) is 22.8 Å². The van der Waals surface area contributed by atoms with Crippen molar-refractivity contribution in [2.75, 3.05) is 11.9 Å². The molecule has 2 bridgehead atoms. The van der Waals surface area contributed by atoms with Crippen LogP contribution in [-0.4, -0.2) is 37.6 Å². The topological polar surface area (TPSA) is 127 Å². The van der Waals surface area contributed by atoms with E-state index in [0.29, 0.717) is 5.69 Å². The first kappa shape index (κ1) is 17.9. The van der Waals surface area contributed by atoms with Crippen molar-refractivity contribution in [3.8, 4) is 0 Å². The van der Waals surface area contributed by atoms with Gasteiger partial charge in [0, 0.05) is 18.7 Å². The van der Waals surface area contributed by atoms with E-state index in [-0.39, 0.29) is 59.3 Å². The molecule has 1 heterocycles. The van der Waals surface area contributed by atoms with E-state index >= 15 is 0 Å². The second-order valence-corrected chi connectivity index (χ2v) is 8.76. The average molecular weight is 389 g/mol. The number of amides is 3. The number of rotatable bonds is 5. The molecule has 1 aromatic carbocycles. The summed E-state index contributed by atoms with van der Waals surface area (Å²) in [5.74, 6) is -0.945. The fourth-order valence-corrected chi connectivity index (χ4v) is 4.86. The highest BCUT2D eigenvalue weighted by Gasteiger charge is 2.58. The highest BCUT2D eigenvalue weighted by molar-refractivity contribution is 7.89. The molecule has 3 aliphatic rings. The molecule has 4 rings (SSSR count). The molecule has 0 radical (unpaired) electrons. The third-order valence-corrected chi connectivity index (χ3v) is 6.52. The summed E-state index contributed by atoms with van der Waals surface area (Å²) in [7, 11) is -3.79. The molecular weight excluding hydrogens is 370 g/mol. The summed E-state index contributed by atoms with van der Waals surface area (Å²) in [4.78, 5) is 38.4. The Labute approximate surface area is 156 Å². The molecule has 9 heteroatoms. The van der Waals surface area contributed by atoms with E-state index in [2.05, 4.69) is 5.32 Å². The lowest BCUT2D eigenvalue weighted by atomic mass is 9.85. The van der Waals surface area contributed by atoms with E-state index in [4.69, 9.17) is 5.14 Å². The first-order valence-corrected chi connectivity index (χ1v) is 10.3. The van der Waals surface area contributed by atoms with Crippen molar-refractivity contribution in [1.29, 1.82) is 0 Å². The maximum atomic E-state index is 12.6. The average Bonchev–Trinajstić information content (AvgIpc) is 3.28. The van der Waals surface area contributed by atoms with E-state index < -0.39 is 10.0 Å². The smallest absolute Gasteiger partial charge is 0.238 e. The van der Waals surface area contributed by atoms with Gasteiger partial charge in [0.15, 0.2) is 0 Å². The Balaban J connectivity index is 1.35. The number of benzene rings is 1. The van der Waals surface area contributed by atoms with Gasteiger partial charge in [-0.2, -0.15) is 0 Å². The number of nitrogens with one attached hydrogen (secondary N) is 1. The van der Waals surface area contributed by atoms with E-state index in [1.807, 2.05) is 12.2 Å². The molecular formula is C18H19N3O5S. The second-order valence-electron chi connectivity index (χ2n) is 7.20. The molecule has 4 unspecified atom stereocenters. The van der Waals surface area contributed by atoms with Crippen molar-refractivity contribution in [2.24, 2.45) is 28.8 Å². The molecule has 2 fully saturated rings. The molecule has 142 valence electrons. The van der Waals surface area contributed by atoms with E-state index in [1.165, 1.54) is 29.2 Å². The molecule has 8 nitrogen and oxygen atoms in total. The third-order valence-electron chi connectivity index (χ3n) is 5.59. The second kappa shape index (κ2) is 6.28. The Morgan fingerprint density at radius 1 is 1.07 bits per heavy atom. The van der Waals surface area contributed by atoms with Crippen LogP contribution in [0.25, 0.3) is 0 Å². The number of carbonyl (C=O) groups is 3. The molecule has 0 spiro atoms. The molecule has 1 saturated heterocycles. The standard InChI is InChI=1S/C18H19N3O5S/c19-27(25,26)13-5-3-12(4-6-13)20-14(22)7-8-21-17(23)15-10-1-2-11(9-10)16(15)18(21)24/h1-6,10-11,15-16H,7-9H2,(H,20,22)(H2,19,25,26).